The minimum Gasteiger partial charge on any atom is -0.311 e. The summed E-state index contributed by atoms with van der Waals surface area (Å²) < 4.78 is 3.28. The summed E-state index contributed by atoms with van der Waals surface area (Å²) in [7, 11) is 1.75. The molecule has 158 valence electrons. The molecule has 0 radical (unpaired) electrons. The number of rotatable bonds is 2. The van der Waals surface area contributed by atoms with Gasteiger partial charge in [0.2, 0.25) is 5.91 Å². The Labute approximate surface area is 194 Å². The van der Waals surface area contributed by atoms with Gasteiger partial charge in [-0.3, -0.25) is 14.2 Å². The molecule has 0 spiro atoms. The van der Waals surface area contributed by atoms with Gasteiger partial charge in [-0.2, -0.15) is 0 Å². The molecule has 0 fully saturated rings. The number of pyridine rings is 1. The third kappa shape index (κ3) is 3.07. The molecular formula is C26H18Cl2N2O2. The first-order valence-electron chi connectivity index (χ1n) is 10.1. The molecule has 2 heterocycles. The van der Waals surface area contributed by atoms with Gasteiger partial charge in [-0.05, 0) is 41.5 Å². The standard InChI is InChI=1S/C26H18Cl2N2O2/c1-15(31)30-24(17-9-13-19(28)14-10-17)22(16-7-11-18(27)12-8-16)23-25(30)20-5-3-4-6-21(20)29(2)26(23)32/h3-14H,1-2H3. The van der Waals surface area contributed by atoms with Crippen LogP contribution in [-0.2, 0) is 7.05 Å². The summed E-state index contributed by atoms with van der Waals surface area (Å²) in [6.07, 6.45) is 0. The van der Waals surface area contributed by atoms with Crippen LogP contribution in [0.5, 0.6) is 0 Å². The van der Waals surface area contributed by atoms with Crippen LogP contribution in [0.3, 0.4) is 0 Å². The predicted molar refractivity (Wildman–Crippen MR) is 132 cm³/mol. The molecule has 0 unspecified atom stereocenters. The van der Waals surface area contributed by atoms with Crippen LogP contribution in [0.2, 0.25) is 10.0 Å². The number of halogens is 2. The number of hydrogen-bond donors (Lipinski definition) is 0. The summed E-state index contributed by atoms with van der Waals surface area (Å²) in [6.45, 7) is 1.51. The van der Waals surface area contributed by atoms with Gasteiger partial charge in [0, 0.05) is 35.0 Å². The van der Waals surface area contributed by atoms with E-state index in [1.807, 2.05) is 48.5 Å². The van der Waals surface area contributed by atoms with E-state index in [-0.39, 0.29) is 11.5 Å². The minimum atomic E-state index is -0.182. The highest BCUT2D eigenvalue weighted by Crippen LogP contribution is 2.42. The number of carbonyl (C=O) groups is 1. The Morgan fingerprint density at radius 2 is 1.38 bits per heavy atom. The lowest BCUT2D eigenvalue weighted by Gasteiger charge is -2.11. The Morgan fingerprint density at radius 3 is 1.97 bits per heavy atom. The molecular weight excluding hydrogens is 443 g/mol. The van der Waals surface area contributed by atoms with Crippen molar-refractivity contribution < 1.29 is 4.79 Å². The Bertz CT molecular complexity index is 1580. The molecule has 0 saturated heterocycles. The molecule has 6 heteroatoms. The molecule has 0 saturated carbocycles. The zero-order valence-corrected chi connectivity index (χ0v) is 18.9. The molecule has 0 amide bonds. The lowest BCUT2D eigenvalue weighted by atomic mass is 9.98. The molecule has 0 aliphatic rings. The van der Waals surface area contributed by atoms with E-state index < -0.39 is 0 Å². The first-order chi connectivity index (χ1) is 15.4. The monoisotopic (exact) mass is 460 g/mol. The van der Waals surface area contributed by atoms with Crippen molar-refractivity contribution in [1.82, 2.24) is 9.13 Å². The highest BCUT2D eigenvalue weighted by molar-refractivity contribution is 6.31. The molecule has 0 bridgehead atoms. The fourth-order valence-corrected chi connectivity index (χ4v) is 4.62. The zero-order valence-electron chi connectivity index (χ0n) is 17.4. The van der Waals surface area contributed by atoms with Crippen molar-refractivity contribution in [2.45, 2.75) is 6.92 Å². The minimum absolute atomic E-state index is 0.168. The number of aryl methyl sites for hydroxylation is 1. The van der Waals surface area contributed by atoms with Crippen molar-refractivity contribution in [2.75, 3.05) is 0 Å². The number of aromatic nitrogens is 2. The van der Waals surface area contributed by atoms with Crippen LogP contribution in [-0.4, -0.2) is 15.0 Å². The van der Waals surface area contributed by atoms with Crippen molar-refractivity contribution in [3.8, 4) is 22.4 Å². The SMILES string of the molecule is CC(=O)n1c(-c2ccc(Cl)cc2)c(-c2ccc(Cl)cc2)c2c(=O)n(C)c3ccccc3c21. The average Bonchev–Trinajstić information content (AvgIpc) is 3.15. The number of para-hydroxylation sites is 1. The van der Waals surface area contributed by atoms with Gasteiger partial charge in [0.25, 0.3) is 5.56 Å². The summed E-state index contributed by atoms with van der Waals surface area (Å²) in [4.78, 5) is 26.7. The van der Waals surface area contributed by atoms with E-state index in [0.717, 1.165) is 22.0 Å². The first kappa shape index (κ1) is 20.6. The summed E-state index contributed by atoms with van der Waals surface area (Å²) in [6, 6.07) is 22.2. The van der Waals surface area contributed by atoms with E-state index in [4.69, 9.17) is 23.2 Å². The molecule has 4 nitrogen and oxygen atoms in total. The molecule has 5 aromatic rings. The Morgan fingerprint density at radius 1 is 0.812 bits per heavy atom. The molecule has 0 aliphatic carbocycles. The molecule has 0 N–H and O–H groups in total. The molecule has 5 rings (SSSR count). The maximum absolute atomic E-state index is 13.7. The van der Waals surface area contributed by atoms with Crippen LogP contribution in [0.1, 0.15) is 11.7 Å². The topological polar surface area (TPSA) is 44.0 Å². The highest BCUT2D eigenvalue weighted by Gasteiger charge is 2.26. The second-order valence-corrected chi connectivity index (χ2v) is 8.57. The van der Waals surface area contributed by atoms with Crippen LogP contribution in [0.25, 0.3) is 44.2 Å². The van der Waals surface area contributed by atoms with E-state index in [0.29, 0.717) is 32.2 Å². The van der Waals surface area contributed by atoms with Gasteiger partial charge in [0.05, 0.1) is 22.1 Å². The lowest BCUT2D eigenvalue weighted by molar-refractivity contribution is 0.0943. The van der Waals surface area contributed by atoms with Gasteiger partial charge in [-0.25, -0.2) is 0 Å². The van der Waals surface area contributed by atoms with Gasteiger partial charge in [0.15, 0.2) is 0 Å². The van der Waals surface area contributed by atoms with E-state index in [1.54, 1.807) is 40.4 Å². The molecule has 2 aromatic heterocycles. The van der Waals surface area contributed by atoms with E-state index in [2.05, 4.69) is 0 Å². The number of fused-ring (bicyclic) bond motifs is 3. The van der Waals surface area contributed by atoms with Crippen molar-refractivity contribution in [3.05, 3.63) is 93.2 Å². The summed E-state index contributed by atoms with van der Waals surface area (Å²) >= 11 is 12.3. The number of hydrogen-bond acceptors (Lipinski definition) is 2. The van der Waals surface area contributed by atoms with Gasteiger partial charge >= 0.3 is 0 Å². The van der Waals surface area contributed by atoms with Gasteiger partial charge < -0.3 is 4.57 Å². The Balaban J connectivity index is 2.10. The Hall–Kier alpha value is -3.34. The fraction of sp³-hybridized carbons (Fsp3) is 0.0769. The summed E-state index contributed by atoms with van der Waals surface area (Å²) in [5.41, 5.74) is 4.13. The summed E-state index contributed by atoms with van der Waals surface area (Å²) in [5.74, 6) is -0.182. The summed E-state index contributed by atoms with van der Waals surface area (Å²) in [5, 5.41) is 2.51. The Kier molecular flexibility index (Phi) is 4.92. The first-order valence-corrected chi connectivity index (χ1v) is 10.8. The van der Waals surface area contributed by atoms with Crippen LogP contribution in [0.15, 0.2) is 77.6 Å². The van der Waals surface area contributed by atoms with Crippen LogP contribution in [0.4, 0.5) is 0 Å². The normalized spacial score (nSPS) is 11.4. The molecule has 0 aliphatic heterocycles. The fourth-order valence-electron chi connectivity index (χ4n) is 4.37. The van der Waals surface area contributed by atoms with Crippen molar-refractivity contribution in [3.63, 3.8) is 0 Å². The highest BCUT2D eigenvalue weighted by atomic mass is 35.5. The molecule has 0 atom stereocenters. The van der Waals surface area contributed by atoms with E-state index in [9.17, 15) is 9.59 Å². The largest absolute Gasteiger partial charge is 0.311 e. The van der Waals surface area contributed by atoms with Crippen LogP contribution in [0, 0.1) is 0 Å². The second kappa shape index (κ2) is 7.66. The smallest absolute Gasteiger partial charge is 0.260 e. The maximum atomic E-state index is 13.7. The number of benzene rings is 3. The van der Waals surface area contributed by atoms with Gasteiger partial charge in [-0.1, -0.05) is 65.7 Å². The molecule has 32 heavy (non-hydrogen) atoms. The van der Waals surface area contributed by atoms with Crippen LogP contribution >= 0.6 is 23.2 Å². The van der Waals surface area contributed by atoms with Crippen LogP contribution < -0.4 is 5.56 Å². The van der Waals surface area contributed by atoms with Crippen molar-refractivity contribution >= 4 is 50.9 Å². The van der Waals surface area contributed by atoms with Crippen molar-refractivity contribution in [1.29, 1.82) is 0 Å². The maximum Gasteiger partial charge on any atom is 0.260 e. The third-order valence-electron chi connectivity index (χ3n) is 5.78. The quantitative estimate of drug-likeness (QED) is 0.290. The lowest BCUT2D eigenvalue weighted by Crippen LogP contribution is -2.18. The molecule has 3 aromatic carbocycles. The zero-order chi connectivity index (χ0) is 22.6. The number of carbonyl (C=O) groups excluding carboxylic acids is 1. The predicted octanol–water partition coefficient (Wildman–Crippen LogP) is 6.79. The van der Waals surface area contributed by atoms with Gasteiger partial charge in [0.1, 0.15) is 0 Å². The number of nitrogens with zero attached hydrogens (tertiary/aromatic N) is 2. The third-order valence-corrected chi connectivity index (χ3v) is 6.28. The average molecular weight is 461 g/mol. The van der Waals surface area contributed by atoms with E-state index in [1.165, 1.54) is 6.92 Å². The second-order valence-electron chi connectivity index (χ2n) is 7.70. The van der Waals surface area contributed by atoms with Gasteiger partial charge in [-0.15, -0.1) is 0 Å². The van der Waals surface area contributed by atoms with Crippen molar-refractivity contribution in [2.24, 2.45) is 7.05 Å². The van der Waals surface area contributed by atoms with E-state index >= 15 is 0 Å².